The lowest BCUT2D eigenvalue weighted by Gasteiger charge is -2.24. The Morgan fingerprint density at radius 3 is 2.40 bits per heavy atom. The molecule has 0 unspecified atom stereocenters. The van der Waals surface area contributed by atoms with Gasteiger partial charge in [0, 0.05) is 23.9 Å². The minimum absolute atomic E-state index is 0.258. The van der Waals surface area contributed by atoms with E-state index >= 15 is 0 Å². The van der Waals surface area contributed by atoms with Gasteiger partial charge in [-0.05, 0) is 69.2 Å². The van der Waals surface area contributed by atoms with Gasteiger partial charge in [-0.3, -0.25) is 0 Å². The highest BCUT2D eigenvalue weighted by atomic mass is 19.1. The Balaban J connectivity index is 1.58. The van der Waals surface area contributed by atoms with E-state index in [9.17, 15) is 4.39 Å². The molecule has 0 amide bonds. The van der Waals surface area contributed by atoms with E-state index in [0.29, 0.717) is 11.7 Å². The number of allylic oxidation sites excluding steroid dienone is 2. The second-order valence-corrected chi connectivity index (χ2v) is 6.59. The number of hydrogen-bond acceptors (Lipinski definition) is 2. The number of aromatic nitrogens is 2. The molecule has 3 rings (SSSR count). The highest BCUT2D eigenvalue weighted by molar-refractivity contribution is 5.54. The molecule has 1 fully saturated rings. The summed E-state index contributed by atoms with van der Waals surface area (Å²) in [7, 11) is 0. The Bertz CT molecular complexity index is 758. The van der Waals surface area contributed by atoms with Crippen LogP contribution in [0.25, 0.3) is 11.4 Å². The van der Waals surface area contributed by atoms with Crippen LogP contribution in [-0.2, 0) is 0 Å². The molecular formula is C22H23FN2. The highest BCUT2D eigenvalue weighted by Gasteiger charge is 2.18. The van der Waals surface area contributed by atoms with Crippen molar-refractivity contribution < 1.29 is 4.39 Å². The van der Waals surface area contributed by atoms with Crippen molar-refractivity contribution in [2.24, 2.45) is 11.8 Å². The Kier molecular flexibility index (Phi) is 5.95. The molecule has 2 aromatic rings. The molecule has 1 aromatic carbocycles. The van der Waals surface area contributed by atoms with E-state index in [1.807, 2.05) is 0 Å². The lowest BCUT2D eigenvalue weighted by atomic mass is 9.81. The van der Waals surface area contributed by atoms with E-state index in [1.165, 1.54) is 44.2 Å². The third kappa shape index (κ3) is 5.00. The van der Waals surface area contributed by atoms with Crippen LogP contribution in [0, 0.1) is 29.5 Å². The number of hydrogen-bond donors (Lipinski definition) is 0. The normalized spacial score (nSPS) is 20.2. The molecule has 0 saturated heterocycles. The van der Waals surface area contributed by atoms with Gasteiger partial charge >= 0.3 is 0 Å². The van der Waals surface area contributed by atoms with Gasteiger partial charge in [0.2, 0.25) is 0 Å². The van der Waals surface area contributed by atoms with E-state index in [0.717, 1.165) is 17.0 Å². The number of rotatable bonds is 3. The number of nitrogens with zero attached hydrogens (tertiary/aromatic N) is 2. The van der Waals surface area contributed by atoms with Gasteiger partial charge in [0.25, 0.3) is 0 Å². The molecule has 0 radical (unpaired) electrons. The molecule has 25 heavy (non-hydrogen) atoms. The molecule has 128 valence electrons. The fourth-order valence-electron chi connectivity index (χ4n) is 3.20. The van der Waals surface area contributed by atoms with Crippen molar-refractivity contribution in [3.05, 3.63) is 60.2 Å². The third-order valence-electron chi connectivity index (χ3n) is 4.73. The maximum Gasteiger partial charge on any atom is 0.159 e. The summed E-state index contributed by atoms with van der Waals surface area (Å²) in [5.41, 5.74) is 1.64. The smallest absolute Gasteiger partial charge is 0.159 e. The monoisotopic (exact) mass is 334 g/mol. The molecule has 2 nitrogen and oxygen atoms in total. The summed E-state index contributed by atoms with van der Waals surface area (Å²) in [6.07, 6.45) is 14.0. The number of benzene rings is 1. The van der Waals surface area contributed by atoms with E-state index in [2.05, 4.69) is 40.9 Å². The zero-order valence-electron chi connectivity index (χ0n) is 14.6. The average Bonchev–Trinajstić information content (AvgIpc) is 2.67. The van der Waals surface area contributed by atoms with Crippen LogP contribution in [0.2, 0.25) is 0 Å². The lowest BCUT2D eigenvalue weighted by Crippen LogP contribution is -2.12. The summed E-state index contributed by atoms with van der Waals surface area (Å²) in [5.74, 6) is 8.24. The summed E-state index contributed by atoms with van der Waals surface area (Å²) in [4.78, 5) is 8.69. The second-order valence-electron chi connectivity index (χ2n) is 6.59. The summed E-state index contributed by atoms with van der Waals surface area (Å²) < 4.78 is 13.0. The van der Waals surface area contributed by atoms with Crippen LogP contribution in [-0.4, -0.2) is 9.97 Å². The van der Waals surface area contributed by atoms with Crippen LogP contribution in [0.3, 0.4) is 0 Å². The van der Waals surface area contributed by atoms with Gasteiger partial charge in [0.1, 0.15) is 5.82 Å². The molecule has 1 aromatic heterocycles. The minimum Gasteiger partial charge on any atom is -0.235 e. The predicted octanol–water partition coefficient (Wildman–Crippen LogP) is 5.41. The quantitative estimate of drug-likeness (QED) is 0.554. The van der Waals surface area contributed by atoms with Crippen LogP contribution < -0.4 is 0 Å². The standard InChI is InChI=1S/C22H23FN2/c1-2-3-4-17-5-7-18(8-6-17)9-10-19-15-24-22(25-16-19)20-11-13-21(23)14-12-20/h2-3,11-18H,4-8H2,1H3. The Hall–Kier alpha value is -2.47. The molecule has 0 aliphatic heterocycles. The fraction of sp³-hybridized carbons (Fsp3) is 0.364. The Labute approximate surface area is 149 Å². The van der Waals surface area contributed by atoms with Crippen LogP contribution >= 0.6 is 0 Å². The predicted molar refractivity (Wildman–Crippen MR) is 99.2 cm³/mol. The largest absolute Gasteiger partial charge is 0.235 e. The molecule has 0 spiro atoms. The van der Waals surface area contributed by atoms with Crippen LogP contribution in [0.5, 0.6) is 0 Å². The van der Waals surface area contributed by atoms with Crippen molar-refractivity contribution in [2.75, 3.05) is 0 Å². The van der Waals surface area contributed by atoms with Crippen molar-refractivity contribution >= 4 is 0 Å². The average molecular weight is 334 g/mol. The molecule has 1 saturated carbocycles. The molecule has 1 aliphatic rings. The van der Waals surface area contributed by atoms with Crippen molar-refractivity contribution in [3.63, 3.8) is 0 Å². The van der Waals surface area contributed by atoms with Crippen molar-refractivity contribution in [3.8, 4) is 23.2 Å². The summed E-state index contributed by atoms with van der Waals surface area (Å²) in [6.45, 7) is 2.08. The topological polar surface area (TPSA) is 25.8 Å². The van der Waals surface area contributed by atoms with E-state index in [1.54, 1.807) is 24.5 Å². The molecule has 0 bridgehead atoms. The summed E-state index contributed by atoms with van der Waals surface area (Å²) in [5, 5.41) is 0. The SMILES string of the molecule is CC=CCC1CCC(C#Cc2cnc(-c3ccc(F)cc3)nc2)CC1. The van der Waals surface area contributed by atoms with E-state index < -0.39 is 0 Å². The maximum atomic E-state index is 13.0. The molecular weight excluding hydrogens is 311 g/mol. The van der Waals surface area contributed by atoms with Gasteiger partial charge in [-0.25, -0.2) is 14.4 Å². The first-order valence-corrected chi connectivity index (χ1v) is 8.95. The Morgan fingerprint density at radius 2 is 1.76 bits per heavy atom. The third-order valence-corrected chi connectivity index (χ3v) is 4.73. The zero-order chi connectivity index (χ0) is 17.5. The fourth-order valence-corrected chi connectivity index (χ4v) is 3.20. The van der Waals surface area contributed by atoms with Crippen molar-refractivity contribution in [1.29, 1.82) is 0 Å². The first-order chi connectivity index (χ1) is 12.2. The first kappa shape index (κ1) is 17.4. The molecule has 0 N–H and O–H groups in total. The Morgan fingerprint density at radius 1 is 1.08 bits per heavy atom. The van der Waals surface area contributed by atoms with Crippen molar-refractivity contribution in [2.45, 2.75) is 39.0 Å². The van der Waals surface area contributed by atoms with E-state index in [-0.39, 0.29) is 5.82 Å². The highest BCUT2D eigenvalue weighted by Crippen LogP contribution is 2.30. The van der Waals surface area contributed by atoms with Crippen LogP contribution in [0.4, 0.5) is 4.39 Å². The summed E-state index contributed by atoms with van der Waals surface area (Å²) >= 11 is 0. The van der Waals surface area contributed by atoms with Gasteiger partial charge in [-0.1, -0.05) is 24.0 Å². The zero-order valence-corrected chi connectivity index (χ0v) is 14.6. The summed E-state index contributed by atoms with van der Waals surface area (Å²) in [6, 6.07) is 6.20. The molecule has 1 heterocycles. The van der Waals surface area contributed by atoms with Crippen molar-refractivity contribution in [1.82, 2.24) is 9.97 Å². The molecule has 3 heteroatoms. The van der Waals surface area contributed by atoms with Crippen LogP contribution in [0.1, 0.15) is 44.6 Å². The van der Waals surface area contributed by atoms with Crippen LogP contribution in [0.15, 0.2) is 48.8 Å². The lowest BCUT2D eigenvalue weighted by molar-refractivity contribution is 0.319. The van der Waals surface area contributed by atoms with Gasteiger partial charge in [0.15, 0.2) is 5.82 Å². The molecule has 0 atom stereocenters. The minimum atomic E-state index is -0.258. The van der Waals surface area contributed by atoms with Gasteiger partial charge in [-0.2, -0.15) is 0 Å². The van der Waals surface area contributed by atoms with Gasteiger partial charge in [0.05, 0.1) is 5.56 Å². The second kappa shape index (κ2) is 8.58. The molecule has 1 aliphatic carbocycles. The van der Waals surface area contributed by atoms with Gasteiger partial charge in [-0.15, -0.1) is 0 Å². The first-order valence-electron chi connectivity index (χ1n) is 8.95. The van der Waals surface area contributed by atoms with E-state index in [4.69, 9.17) is 0 Å². The van der Waals surface area contributed by atoms with Gasteiger partial charge < -0.3 is 0 Å². The number of halogens is 1. The maximum absolute atomic E-state index is 13.0.